The van der Waals surface area contributed by atoms with Gasteiger partial charge in [0.05, 0.1) is 10.5 Å². The van der Waals surface area contributed by atoms with Crippen LogP contribution in [0.4, 0.5) is 0 Å². The van der Waals surface area contributed by atoms with E-state index in [1.165, 1.54) is 5.56 Å². The third-order valence-electron chi connectivity index (χ3n) is 2.95. The molecule has 2 heterocycles. The van der Waals surface area contributed by atoms with Gasteiger partial charge in [-0.3, -0.25) is 0 Å². The number of halogens is 1. The number of hydrogen-bond acceptors (Lipinski definition) is 1. The summed E-state index contributed by atoms with van der Waals surface area (Å²) in [4.78, 5) is 4.38. The Balaban J connectivity index is 2.61. The summed E-state index contributed by atoms with van der Waals surface area (Å²) < 4.78 is 1.99. The molecule has 17 heavy (non-hydrogen) atoms. The molecule has 0 aliphatic heterocycles. The summed E-state index contributed by atoms with van der Waals surface area (Å²) in [5.41, 5.74) is 3.22. The van der Waals surface area contributed by atoms with Crippen LogP contribution in [-0.4, -0.2) is 9.55 Å². The molecule has 0 radical (unpaired) electrons. The maximum Gasteiger partial charge on any atom is 0.145 e. The van der Waals surface area contributed by atoms with Gasteiger partial charge >= 0.3 is 0 Å². The summed E-state index contributed by atoms with van der Waals surface area (Å²) in [5.74, 6) is 0. The first-order chi connectivity index (χ1) is 8.20. The SMILES string of the molecule is C=Cn1c2ccc(C)cc2c2cc(Cl)cnc21. The van der Waals surface area contributed by atoms with E-state index in [1.807, 2.05) is 10.6 Å². The third-order valence-corrected chi connectivity index (χ3v) is 3.15. The topological polar surface area (TPSA) is 17.8 Å². The van der Waals surface area contributed by atoms with Crippen LogP contribution in [0.5, 0.6) is 0 Å². The van der Waals surface area contributed by atoms with Crippen LogP contribution in [0.25, 0.3) is 28.1 Å². The summed E-state index contributed by atoms with van der Waals surface area (Å²) in [6, 6.07) is 8.27. The lowest BCUT2D eigenvalue weighted by Crippen LogP contribution is -1.86. The van der Waals surface area contributed by atoms with Crippen LogP contribution in [-0.2, 0) is 0 Å². The van der Waals surface area contributed by atoms with Crippen molar-refractivity contribution < 1.29 is 0 Å². The van der Waals surface area contributed by atoms with Crippen molar-refractivity contribution in [1.29, 1.82) is 0 Å². The Kier molecular flexibility index (Phi) is 2.20. The van der Waals surface area contributed by atoms with Crippen molar-refractivity contribution >= 4 is 39.7 Å². The maximum absolute atomic E-state index is 6.01. The second kappa shape index (κ2) is 3.60. The van der Waals surface area contributed by atoms with Gasteiger partial charge in [0.25, 0.3) is 0 Å². The van der Waals surface area contributed by atoms with Crippen molar-refractivity contribution in [2.45, 2.75) is 6.92 Å². The van der Waals surface area contributed by atoms with Crippen LogP contribution in [0.15, 0.2) is 37.0 Å². The Morgan fingerprint density at radius 3 is 2.88 bits per heavy atom. The summed E-state index contributed by atoms with van der Waals surface area (Å²) in [5, 5.41) is 2.88. The molecular formula is C14H11ClN2. The van der Waals surface area contributed by atoms with Gasteiger partial charge in [-0.2, -0.15) is 0 Å². The molecule has 0 N–H and O–H groups in total. The lowest BCUT2D eigenvalue weighted by atomic mass is 10.1. The van der Waals surface area contributed by atoms with Crippen molar-refractivity contribution in [3.05, 3.63) is 47.6 Å². The van der Waals surface area contributed by atoms with E-state index in [9.17, 15) is 0 Å². The van der Waals surface area contributed by atoms with E-state index in [4.69, 9.17) is 11.6 Å². The Morgan fingerprint density at radius 1 is 1.29 bits per heavy atom. The number of aromatic nitrogens is 2. The van der Waals surface area contributed by atoms with Crippen molar-refractivity contribution in [3.8, 4) is 0 Å². The summed E-state index contributed by atoms with van der Waals surface area (Å²) in [6.45, 7) is 5.92. The molecule has 3 heteroatoms. The molecule has 3 rings (SSSR count). The lowest BCUT2D eigenvalue weighted by molar-refractivity contribution is 1.22. The van der Waals surface area contributed by atoms with Crippen molar-refractivity contribution in [1.82, 2.24) is 9.55 Å². The van der Waals surface area contributed by atoms with Crippen LogP contribution >= 0.6 is 11.6 Å². The normalized spacial score (nSPS) is 11.2. The second-order valence-electron chi connectivity index (χ2n) is 4.10. The average Bonchev–Trinajstić information content (AvgIpc) is 2.62. The van der Waals surface area contributed by atoms with Gasteiger partial charge in [-0.25, -0.2) is 4.98 Å². The minimum absolute atomic E-state index is 0.655. The van der Waals surface area contributed by atoms with Crippen LogP contribution in [0.1, 0.15) is 5.56 Å². The molecular weight excluding hydrogens is 232 g/mol. The lowest BCUT2D eigenvalue weighted by Gasteiger charge is -1.98. The summed E-state index contributed by atoms with van der Waals surface area (Å²) >= 11 is 6.01. The molecule has 0 unspecified atom stereocenters. The predicted molar refractivity (Wildman–Crippen MR) is 73.4 cm³/mol. The summed E-state index contributed by atoms with van der Waals surface area (Å²) in [7, 11) is 0. The van der Waals surface area contributed by atoms with Crippen LogP contribution in [0.3, 0.4) is 0 Å². The van der Waals surface area contributed by atoms with Crippen LogP contribution in [0.2, 0.25) is 5.02 Å². The molecule has 0 atom stereocenters. The highest BCUT2D eigenvalue weighted by molar-refractivity contribution is 6.31. The largest absolute Gasteiger partial charge is 0.301 e. The molecule has 0 saturated carbocycles. The van der Waals surface area contributed by atoms with E-state index >= 15 is 0 Å². The van der Waals surface area contributed by atoms with Gasteiger partial charge in [-0.05, 0) is 25.1 Å². The van der Waals surface area contributed by atoms with Gasteiger partial charge in [0.15, 0.2) is 0 Å². The third kappa shape index (κ3) is 1.45. The fourth-order valence-electron chi connectivity index (χ4n) is 2.20. The molecule has 2 aromatic heterocycles. The number of hydrogen-bond donors (Lipinski definition) is 0. The van der Waals surface area contributed by atoms with Crippen LogP contribution in [0, 0.1) is 6.92 Å². The quantitative estimate of drug-likeness (QED) is 0.624. The zero-order chi connectivity index (χ0) is 12.0. The standard InChI is InChI=1S/C14H11ClN2/c1-3-17-13-5-4-9(2)6-11(13)12-7-10(15)8-16-14(12)17/h3-8H,1H2,2H3. The molecule has 0 amide bonds. The molecule has 2 nitrogen and oxygen atoms in total. The number of rotatable bonds is 1. The Hall–Kier alpha value is -1.80. The summed E-state index contributed by atoms with van der Waals surface area (Å²) in [6.07, 6.45) is 3.44. The molecule has 0 spiro atoms. The van der Waals surface area contributed by atoms with Gasteiger partial charge in [-0.15, -0.1) is 0 Å². The van der Waals surface area contributed by atoms with Gasteiger partial charge < -0.3 is 4.57 Å². The fraction of sp³-hybridized carbons (Fsp3) is 0.0714. The number of aryl methyl sites for hydroxylation is 1. The molecule has 0 saturated heterocycles. The smallest absolute Gasteiger partial charge is 0.145 e. The minimum Gasteiger partial charge on any atom is -0.301 e. The van der Waals surface area contributed by atoms with E-state index in [0.717, 1.165) is 21.9 Å². The predicted octanol–water partition coefficient (Wildman–Crippen LogP) is 4.25. The van der Waals surface area contributed by atoms with Crippen molar-refractivity contribution in [2.24, 2.45) is 0 Å². The Morgan fingerprint density at radius 2 is 2.12 bits per heavy atom. The Bertz CT molecular complexity index is 681. The van der Waals surface area contributed by atoms with E-state index in [1.54, 1.807) is 12.4 Å². The zero-order valence-corrected chi connectivity index (χ0v) is 10.2. The first-order valence-corrected chi connectivity index (χ1v) is 5.77. The average molecular weight is 243 g/mol. The monoisotopic (exact) mass is 242 g/mol. The van der Waals surface area contributed by atoms with Gasteiger partial charge in [0, 0.05) is 23.2 Å². The zero-order valence-electron chi connectivity index (χ0n) is 9.44. The highest BCUT2D eigenvalue weighted by Gasteiger charge is 2.10. The van der Waals surface area contributed by atoms with Crippen LogP contribution < -0.4 is 0 Å². The van der Waals surface area contributed by atoms with E-state index in [-0.39, 0.29) is 0 Å². The molecule has 3 aromatic rings. The van der Waals surface area contributed by atoms with Gasteiger partial charge in [0.2, 0.25) is 0 Å². The number of benzene rings is 1. The fourth-order valence-corrected chi connectivity index (χ4v) is 2.35. The molecule has 0 fully saturated rings. The van der Waals surface area contributed by atoms with E-state index in [0.29, 0.717) is 5.02 Å². The molecule has 0 aliphatic rings. The molecule has 0 bridgehead atoms. The van der Waals surface area contributed by atoms with Crippen molar-refractivity contribution in [3.63, 3.8) is 0 Å². The molecule has 1 aromatic carbocycles. The first-order valence-electron chi connectivity index (χ1n) is 5.39. The minimum atomic E-state index is 0.655. The van der Waals surface area contributed by atoms with Gasteiger partial charge in [0.1, 0.15) is 5.65 Å². The number of nitrogens with zero attached hydrogens (tertiary/aromatic N) is 2. The van der Waals surface area contributed by atoms with E-state index in [2.05, 4.69) is 36.7 Å². The molecule has 0 aliphatic carbocycles. The van der Waals surface area contributed by atoms with Gasteiger partial charge in [-0.1, -0.05) is 29.8 Å². The Labute approximate surface area is 104 Å². The molecule has 84 valence electrons. The number of fused-ring (bicyclic) bond motifs is 3. The highest BCUT2D eigenvalue weighted by Crippen LogP contribution is 2.30. The maximum atomic E-state index is 6.01. The number of pyridine rings is 1. The highest BCUT2D eigenvalue weighted by atomic mass is 35.5. The van der Waals surface area contributed by atoms with E-state index < -0.39 is 0 Å². The van der Waals surface area contributed by atoms with Crippen molar-refractivity contribution in [2.75, 3.05) is 0 Å². The first kappa shape index (κ1) is 10.4. The second-order valence-corrected chi connectivity index (χ2v) is 4.53.